The lowest BCUT2D eigenvalue weighted by atomic mass is 9.88. The summed E-state index contributed by atoms with van der Waals surface area (Å²) in [6, 6.07) is 47.0. The van der Waals surface area contributed by atoms with Crippen LogP contribution in [0.2, 0.25) is 20.1 Å². The molecule has 6 rings (SSSR count). The van der Waals surface area contributed by atoms with E-state index in [2.05, 4.69) is 6.07 Å². The molecule has 0 aliphatic rings. The summed E-state index contributed by atoms with van der Waals surface area (Å²) in [4.78, 5) is 46.4. The van der Waals surface area contributed by atoms with E-state index in [1.54, 1.807) is 84.9 Å². The van der Waals surface area contributed by atoms with Crippen LogP contribution in [-0.2, 0) is 23.9 Å². The molecule has 380 valence electrons. The van der Waals surface area contributed by atoms with Gasteiger partial charge in [-0.15, -0.1) is 0 Å². The Balaban J connectivity index is 0.000000275. The molecule has 0 aromatic heterocycles. The van der Waals surface area contributed by atoms with Gasteiger partial charge >= 0.3 is 11.9 Å². The molecule has 2 amide bonds. The number of primary amides is 2. The lowest BCUT2D eigenvalue weighted by molar-refractivity contribution is -0.150. The molecule has 14 heteroatoms. The first kappa shape index (κ1) is 60.0. The van der Waals surface area contributed by atoms with E-state index < -0.39 is 29.9 Å². The zero-order valence-corrected chi connectivity index (χ0v) is 44.7. The average molecular weight is 1060 g/mol. The van der Waals surface area contributed by atoms with E-state index in [1.165, 1.54) is 0 Å². The number of esters is 1. The Bertz CT molecular complexity index is 2510. The van der Waals surface area contributed by atoms with Crippen LogP contribution in [0.1, 0.15) is 113 Å². The highest BCUT2D eigenvalue weighted by Gasteiger charge is 2.29. The van der Waals surface area contributed by atoms with E-state index in [9.17, 15) is 24.4 Å². The summed E-state index contributed by atoms with van der Waals surface area (Å²) in [5, 5.41) is 21.2. The monoisotopic (exact) mass is 1050 g/mol. The molecule has 0 spiro atoms. The number of carboxylic acids is 1. The SMILES string of the molecule is CC(C)C(C(N)=O)c1ccc(Cl)cc1.CC(C)[C@@H](C(N)=O)c1ccc(Cl)cc1.CC(C)[C@H](C(=O)O)c1ccc(Cl)cc1.CC(C)[C@H](C(=O)O[C@H](C#N)c1cccc(Oc2ccccc2)c1)c1ccc(Cl)cc1. The zero-order valence-electron chi connectivity index (χ0n) is 41.6. The molecule has 0 heterocycles. The number of rotatable bonds is 16. The van der Waals surface area contributed by atoms with Crippen LogP contribution in [0.15, 0.2) is 152 Å². The third kappa shape index (κ3) is 19.3. The molecule has 0 aliphatic heterocycles. The van der Waals surface area contributed by atoms with Gasteiger partial charge in [0.1, 0.15) is 17.6 Å². The molecule has 0 fully saturated rings. The molecular formula is C58H63Cl4N3O7. The smallest absolute Gasteiger partial charge is 0.315 e. The maximum atomic E-state index is 13.0. The Morgan fingerprint density at radius 1 is 0.458 bits per heavy atom. The normalized spacial score (nSPS) is 12.8. The van der Waals surface area contributed by atoms with E-state index in [0.717, 1.165) is 22.3 Å². The van der Waals surface area contributed by atoms with Gasteiger partial charge in [0.2, 0.25) is 17.9 Å². The first-order chi connectivity index (χ1) is 34.0. The number of carbonyl (C=O) groups excluding carboxylic acids is 3. The van der Waals surface area contributed by atoms with Gasteiger partial charge in [0.05, 0.1) is 23.7 Å². The molecule has 6 aromatic carbocycles. The van der Waals surface area contributed by atoms with E-state index in [4.69, 9.17) is 72.5 Å². The van der Waals surface area contributed by atoms with Crippen LogP contribution in [0.5, 0.6) is 11.5 Å². The van der Waals surface area contributed by atoms with Gasteiger partial charge < -0.3 is 26.0 Å². The molecule has 0 bridgehead atoms. The molecule has 5 atom stereocenters. The van der Waals surface area contributed by atoms with Gasteiger partial charge in [-0.3, -0.25) is 19.2 Å². The number of ether oxygens (including phenoxy) is 2. The summed E-state index contributed by atoms with van der Waals surface area (Å²) >= 11 is 23.2. The Morgan fingerprint density at radius 2 is 0.792 bits per heavy atom. The summed E-state index contributed by atoms with van der Waals surface area (Å²) in [5.74, 6) is -1.51. The number of nitriles is 1. The number of nitrogens with zero attached hydrogens (tertiary/aromatic N) is 1. The van der Waals surface area contributed by atoms with Crippen molar-refractivity contribution in [1.82, 2.24) is 0 Å². The van der Waals surface area contributed by atoms with Gasteiger partial charge in [-0.05, 0) is 119 Å². The lowest BCUT2D eigenvalue weighted by Crippen LogP contribution is -2.25. The van der Waals surface area contributed by atoms with Gasteiger partial charge in [-0.2, -0.15) is 5.26 Å². The van der Waals surface area contributed by atoms with Gasteiger partial charge in [0.15, 0.2) is 0 Å². The number of hydrogen-bond acceptors (Lipinski definition) is 7. The standard InChI is InChI=1S/C25H22ClNO3.2C11H14ClNO.C11H13ClO2/c1-17(2)24(18-11-13-20(26)14-12-18)25(28)30-23(16-27)19-7-6-10-22(15-19)29-21-8-4-3-5-9-21;3*1-7(2)10(11(13)14)8-3-5-9(12)6-4-8/h3-15,17,23-24H,1-2H3;2*3-7,10H,1-2H3,(H2,13,14);3-7,10H,1-2H3,(H,13,14)/t23-,24+;10-;;10-/m11.0/s1. The van der Waals surface area contributed by atoms with E-state index >= 15 is 0 Å². The van der Waals surface area contributed by atoms with Crippen molar-refractivity contribution in [3.8, 4) is 17.6 Å². The second-order valence-corrected chi connectivity index (χ2v) is 19.9. The molecular weight excluding hydrogens is 992 g/mol. The third-order valence-electron chi connectivity index (χ3n) is 11.2. The number of para-hydroxylation sites is 1. The number of halogens is 4. The first-order valence-electron chi connectivity index (χ1n) is 23.3. The van der Waals surface area contributed by atoms with Gasteiger partial charge in [-0.25, -0.2) is 0 Å². The molecule has 0 saturated carbocycles. The topological polar surface area (TPSA) is 183 Å². The Kier molecular flexibility index (Phi) is 24.9. The molecule has 10 nitrogen and oxygen atoms in total. The quantitative estimate of drug-likeness (QED) is 0.0800. The van der Waals surface area contributed by atoms with Crippen molar-refractivity contribution < 1.29 is 33.8 Å². The number of amides is 2. The van der Waals surface area contributed by atoms with E-state index in [0.29, 0.717) is 37.2 Å². The fourth-order valence-electron chi connectivity index (χ4n) is 7.77. The van der Waals surface area contributed by atoms with E-state index in [1.807, 2.05) is 122 Å². The summed E-state index contributed by atoms with van der Waals surface area (Å²) in [6.07, 6.45) is -1.04. The summed E-state index contributed by atoms with van der Waals surface area (Å²) in [5.41, 5.74) is 14.7. The maximum absolute atomic E-state index is 13.0. The molecule has 0 aliphatic carbocycles. The fourth-order valence-corrected chi connectivity index (χ4v) is 8.27. The molecule has 0 radical (unpaired) electrons. The molecule has 0 saturated heterocycles. The highest BCUT2D eigenvalue weighted by atomic mass is 35.5. The van der Waals surface area contributed by atoms with Crippen LogP contribution in [0.4, 0.5) is 0 Å². The van der Waals surface area contributed by atoms with Crippen molar-refractivity contribution >= 4 is 70.2 Å². The van der Waals surface area contributed by atoms with Crippen LogP contribution >= 0.6 is 46.4 Å². The number of nitrogens with two attached hydrogens (primary N) is 2. The zero-order chi connectivity index (χ0) is 53.7. The Hall–Kier alpha value is -6.35. The summed E-state index contributed by atoms with van der Waals surface area (Å²) in [6.45, 7) is 15.6. The first-order valence-corrected chi connectivity index (χ1v) is 24.8. The minimum Gasteiger partial charge on any atom is -0.481 e. The Labute approximate surface area is 444 Å². The van der Waals surface area contributed by atoms with Gasteiger partial charge in [-0.1, -0.05) is 181 Å². The van der Waals surface area contributed by atoms with Crippen molar-refractivity contribution in [2.24, 2.45) is 35.1 Å². The molecule has 72 heavy (non-hydrogen) atoms. The van der Waals surface area contributed by atoms with Crippen molar-refractivity contribution in [2.75, 3.05) is 0 Å². The Morgan fingerprint density at radius 3 is 1.11 bits per heavy atom. The van der Waals surface area contributed by atoms with Crippen molar-refractivity contribution in [3.63, 3.8) is 0 Å². The van der Waals surface area contributed by atoms with Crippen molar-refractivity contribution in [1.29, 1.82) is 5.26 Å². The largest absolute Gasteiger partial charge is 0.481 e. The highest BCUT2D eigenvalue weighted by molar-refractivity contribution is 6.31. The van der Waals surface area contributed by atoms with Gasteiger partial charge in [0, 0.05) is 25.7 Å². The number of hydrogen-bond donors (Lipinski definition) is 3. The fraction of sp³-hybridized carbons (Fsp3) is 0.293. The van der Waals surface area contributed by atoms with Crippen LogP contribution in [0.25, 0.3) is 0 Å². The molecule has 1 unspecified atom stereocenters. The summed E-state index contributed by atoms with van der Waals surface area (Å²) in [7, 11) is 0. The second-order valence-electron chi connectivity index (χ2n) is 18.2. The predicted molar refractivity (Wildman–Crippen MR) is 290 cm³/mol. The molecule has 6 aromatic rings. The lowest BCUT2D eigenvalue weighted by Gasteiger charge is -2.22. The highest BCUT2D eigenvalue weighted by Crippen LogP contribution is 2.32. The average Bonchev–Trinajstić information content (AvgIpc) is 3.31. The number of benzene rings is 6. The van der Waals surface area contributed by atoms with Crippen molar-refractivity contribution in [2.45, 2.75) is 85.2 Å². The van der Waals surface area contributed by atoms with Crippen LogP contribution in [-0.4, -0.2) is 28.9 Å². The minimum absolute atomic E-state index is 0.00855. The summed E-state index contributed by atoms with van der Waals surface area (Å²) < 4.78 is 11.4. The maximum Gasteiger partial charge on any atom is 0.315 e. The number of carbonyl (C=O) groups is 4. The predicted octanol–water partition coefficient (Wildman–Crippen LogP) is 15.0. The second kappa shape index (κ2) is 29.9. The van der Waals surface area contributed by atoms with Gasteiger partial charge in [0.25, 0.3) is 0 Å². The van der Waals surface area contributed by atoms with Crippen LogP contribution in [0, 0.1) is 35.0 Å². The third-order valence-corrected chi connectivity index (χ3v) is 12.2. The van der Waals surface area contributed by atoms with Crippen LogP contribution < -0.4 is 16.2 Å². The minimum atomic E-state index is -1.04. The van der Waals surface area contributed by atoms with Crippen molar-refractivity contribution in [3.05, 3.63) is 200 Å². The number of aliphatic carboxylic acids is 1. The van der Waals surface area contributed by atoms with E-state index in [-0.39, 0.29) is 47.3 Å². The van der Waals surface area contributed by atoms with Crippen LogP contribution in [0.3, 0.4) is 0 Å². The number of carboxylic acid groups (broad SMARTS) is 1. The molecule has 5 N–H and O–H groups in total.